The number of aromatic nitrogens is 6. The van der Waals surface area contributed by atoms with Gasteiger partial charge in [0.1, 0.15) is 22.7 Å². The van der Waals surface area contributed by atoms with Crippen LogP contribution in [0.1, 0.15) is 37.2 Å². The summed E-state index contributed by atoms with van der Waals surface area (Å²) in [6.07, 6.45) is 8.57. The summed E-state index contributed by atoms with van der Waals surface area (Å²) in [7, 11) is 0. The maximum Gasteiger partial charge on any atom is 0.242 e. The molecule has 31 heavy (non-hydrogen) atoms. The van der Waals surface area contributed by atoms with Crippen molar-refractivity contribution in [2.75, 3.05) is 11.1 Å². The Hall–Kier alpha value is -3.59. The number of pyridine rings is 1. The number of nitrogens with zero attached hydrogens (tertiary/aromatic N) is 6. The van der Waals surface area contributed by atoms with E-state index in [0.717, 1.165) is 24.2 Å². The number of amides is 1. The molecule has 9 nitrogen and oxygen atoms in total. The molecule has 0 saturated heterocycles. The summed E-state index contributed by atoms with van der Waals surface area (Å²) in [5.41, 5.74) is 8.45. The summed E-state index contributed by atoms with van der Waals surface area (Å²) in [4.78, 5) is 35.5. The van der Waals surface area contributed by atoms with Crippen molar-refractivity contribution >= 4 is 34.8 Å². The molecule has 0 aliphatic carbocycles. The lowest BCUT2D eigenvalue weighted by Gasteiger charge is -2.22. The molecular weight excluding hydrogens is 416 g/mol. The highest BCUT2D eigenvalue weighted by atomic mass is 35.5. The first-order chi connectivity index (χ1) is 14.9. The fourth-order valence-corrected chi connectivity index (χ4v) is 4.06. The Balaban J connectivity index is 1.66. The molecule has 1 amide bonds. The topological polar surface area (TPSA) is 124 Å². The molecule has 156 valence electrons. The number of carbonyl (C=O) groups excluding carboxylic acids is 1. The molecule has 0 spiro atoms. The van der Waals surface area contributed by atoms with Crippen molar-refractivity contribution in [3.8, 4) is 11.5 Å². The number of hydrogen-bond acceptors (Lipinski definition) is 7. The van der Waals surface area contributed by atoms with Gasteiger partial charge in [-0.25, -0.2) is 19.9 Å². The van der Waals surface area contributed by atoms with E-state index in [4.69, 9.17) is 22.3 Å². The van der Waals surface area contributed by atoms with Crippen molar-refractivity contribution in [3.05, 3.63) is 58.9 Å². The molecule has 4 aromatic heterocycles. The molecule has 10 heteroatoms. The number of nitrogens with one attached hydrogen (secondary N) is 1. The van der Waals surface area contributed by atoms with Gasteiger partial charge in [0, 0.05) is 24.8 Å². The zero-order chi connectivity index (χ0) is 21.8. The van der Waals surface area contributed by atoms with Crippen LogP contribution >= 0.6 is 11.6 Å². The smallest absolute Gasteiger partial charge is 0.242 e. The van der Waals surface area contributed by atoms with Crippen LogP contribution in [-0.4, -0.2) is 35.2 Å². The SMILES string of the molecule is CCCc1nc(-c2nc(N)c3c(n2)NC(=O)C3(C)c2ccc(Cl)cn2)cn2ccnc12. The quantitative estimate of drug-likeness (QED) is 0.505. The molecule has 0 radical (unpaired) electrons. The van der Waals surface area contributed by atoms with E-state index in [2.05, 4.69) is 32.2 Å². The van der Waals surface area contributed by atoms with Crippen LogP contribution in [-0.2, 0) is 16.6 Å². The number of halogens is 1. The Labute approximate surface area is 182 Å². The molecule has 1 unspecified atom stereocenters. The number of rotatable bonds is 4. The number of anilines is 2. The Bertz CT molecular complexity index is 1330. The van der Waals surface area contributed by atoms with Crippen LogP contribution in [0.5, 0.6) is 0 Å². The van der Waals surface area contributed by atoms with Crippen molar-refractivity contribution in [1.82, 2.24) is 29.3 Å². The highest BCUT2D eigenvalue weighted by molar-refractivity contribution is 6.30. The molecule has 1 atom stereocenters. The largest absolute Gasteiger partial charge is 0.383 e. The molecule has 0 saturated carbocycles. The van der Waals surface area contributed by atoms with Crippen LogP contribution in [0, 0.1) is 0 Å². The lowest BCUT2D eigenvalue weighted by molar-refractivity contribution is -0.119. The number of carbonyl (C=O) groups is 1. The number of fused-ring (bicyclic) bond motifs is 2. The number of aryl methyl sites for hydroxylation is 1. The lowest BCUT2D eigenvalue weighted by atomic mass is 9.81. The lowest BCUT2D eigenvalue weighted by Crippen LogP contribution is -2.33. The molecule has 1 aliphatic heterocycles. The van der Waals surface area contributed by atoms with Crippen LogP contribution < -0.4 is 11.1 Å². The van der Waals surface area contributed by atoms with Crippen LogP contribution in [0.25, 0.3) is 17.2 Å². The summed E-state index contributed by atoms with van der Waals surface area (Å²) in [5, 5.41) is 3.31. The molecule has 4 aromatic rings. The fraction of sp³-hybridized carbons (Fsp3) is 0.238. The highest BCUT2D eigenvalue weighted by Crippen LogP contribution is 2.44. The van der Waals surface area contributed by atoms with E-state index in [9.17, 15) is 4.79 Å². The first-order valence-corrected chi connectivity index (χ1v) is 10.2. The van der Waals surface area contributed by atoms with E-state index in [1.54, 1.807) is 31.5 Å². The van der Waals surface area contributed by atoms with Gasteiger partial charge < -0.3 is 15.5 Å². The number of nitrogen functional groups attached to an aromatic ring is 1. The standard InChI is InChI=1S/C21H19ClN8O/c1-3-4-12-19-24-7-8-30(19)10-13(26-12)17-27-16(23)15-18(28-17)29-20(31)21(15,2)14-6-5-11(22)9-25-14/h5-10H,3-4H2,1-2H3,(H3,23,27,28,29,31). The van der Waals surface area contributed by atoms with Crippen molar-refractivity contribution in [3.63, 3.8) is 0 Å². The highest BCUT2D eigenvalue weighted by Gasteiger charge is 2.48. The third-order valence-corrected chi connectivity index (χ3v) is 5.75. The molecule has 0 fully saturated rings. The first kappa shape index (κ1) is 19.4. The zero-order valence-electron chi connectivity index (χ0n) is 16.9. The van der Waals surface area contributed by atoms with Gasteiger partial charge in [-0.05, 0) is 25.5 Å². The summed E-state index contributed by atoms with van der Waals surface area (Å²) < 4.78 is 1.89. The van der Waals surface area contributed by atoms with Gasteiger partial charge >= 0.3 is 0 Å². The number of nitrogens with two attached hydrogens (primary N) is 1. The average Bonchev–Trinajstić information content (AvgIpc) is 3.32. The zero-order valence-corrected chi connectivity index (χ0v) is 17.7. The average molecular weight is 435 g/mol. The molecule has 5 heterocycles. The minimum atomic E-state index is -1.13. The van der Waals surface area contributed by atoms with Gasteiger partial charge in [-0.15, -0.1) is 0 Å². The van der Waals surface area contributed by atoms with E-state index in [1.165, 1.54) is 6.20 Å². The van der Waals surface area contributed by atoms with E-state index >= 15 is 0 Å². The Morgan fingerprint density at radius 1 is 1.23 bits per heavy atom. The van der Waals surface area contributed by atoms with E-state index in [1.807, 2.05) is 10.6 Å². The monoisotopic (exact) mass is 434 g/mol. The minimum absolute atomic E-state index is 0.196. The second-order valence-electron chi connectivity index (χ2n) is 7.58. The van der Waals surface area contributed by atoms with Crippen LogP contribution in [0.4, 0.5) is 11.6 Å². The Morgan fingerprint density at radius 2 is 2.06 bits per heavy atom. The van der Waals surface area contributed by atoms with Crippen molar-refractivity contribution in [2.24, 2.45) is 0 Å². The maximum atomic E-state index is 13.0. The van der Waals surface area contributed by atoms with E-state index in [-0.39, 0.29) is 11.7 Å². The second-order valence-corrected chi connectivity index (χ2v) is 8.01. The Kier molecular flexibility index (Phi) is 4.37. The second kappa shape index (κ2) is 6.98. The summed E-state index contributed by atoms with van der Waals surface area (Å²) in [6.45, 7) is 3.83. The summed E-state index contributed by atoms with van der Waals surface area (Å²) >= 11 is 5.96. The predicted molar refractivity (Wildman–Crippen MR) is 117 cm³/mol. The molecular formula is C21H19ClN8O. The molecule has 5 rings (SSSR count). The molecule has 1 aliphatic rings. The van der Waals surface area contributed by atoms with E-state index in [0.29, 0.717) is 33.6 Å². The summed E-state index contributed by atoms with van der Waals surface area (Å²) in [6, 6.07) is 3.39. The van der Waals surface area contributed by atoms with Gasteiger partial charge in [-0.2, -0.15) is 0 Å². The van der Waals surface area contributed by atoms with Crippen molar-refractivity contribution < 1.29 is 4.79 Å². The van der Waals surface area contributed by atoms with Gasteiger partial charge in [-0.1, -0.05) is 24.9 Å². The Morgan fingerprint density at radius 3 is 2.81 bits per heavy atom. The van der Waals surface area contributed by atoms with Gasteiger partial charge in [0.2, 0.25) is 5.91 Å². The van der Waals surface area contributed by atoms with Crippen LogP contribution in [0.15, 0.2) is 36.9 Å². The maximum absolute atomic E-state index is 13.0. The van der Waals surface area contributed by atoms with Gasteiger partial charge in [0.15, 0.2) is 11.5 Å². The van der Waals surface area contributed by atoms with Gasteiger partial charge in [-0.3, -0.25) is 9.78 Å². The minimum Gasteiger partial charge on any atom is -0.383 e. The van der Waals surface area contributed by atoms with Crippen LogP contribution in [0.3, 0.4) is 0 Å². The number of hydrogen-bond donors (Lipinski definition) is 2. The summed E-state index contributed by atoms with van der Waals surface area (Å²) in [5.74, 6) is 0.608. The van der Waals surface area contributed by atoms with Gasteiger partial charge in [0.25, 0.3) is 0 Å². The number of imidazole rings is 1. The van der Waals surface area contributed by atoms with Crippen molar-refractivity contribution in [1.29, 1.82) is 0 Å². The molecule has 0 aromatic carbocycles. The fourth-order valence-electron chi connectivity index (χ4n) is 3.95. The van der Waals surface area contributed by atoms with Gasteiger partial charge in [0.05, 0.1) is 22.0 Å². The normalized spacial score (nSPS) is 17.7. The molecule has 0 bridgehead atoms. The predicted octanol–water partition coefficient (Wildman–Crippen LogP) is 3.03. The third-order valence-electron chi connectivity index (χ3n) is 5.52. The molecule has 3 N–H and O–H groups in total. The van der Waals surface area contributed by atoms with E-state index < -0.39 is 5.41 Å². The van der Waals surface area contributed by atoms with Crippen LogP contribution in [0.2, 0.25) is 5.02 Å². The first-order valence-electron chi connectivity index (χ1n) is 9.86. The third kappa shape index (κ3) is 2.92. The van der Waals surface area contributed by atoms with Crippen molar-refractivity contribution in [2.45, 2.75) is 32.1 Å².